The van der Waals surface area contributed by atoms with Crippen molar-refractivity contribution in [3.8, 4) is 0 Å². The molecule has 0 saturated heterocycles. The van der Waals surface area contributed by atoms with Crippen LogP contribution in [0.2, 0.25) is 0 Å². The van der Waals surface area contributed by atoms with E-state index in [4.69, 9.17) is 9.05 Å². The van der Waals surface area contributed by atoms with Crippen LogP contribution in [0, 0.1) is 0 Å². The van der Waals surface area contributed by atoms with Crippen LogP contribution < -0.4 is 0 Å². The lowest BCUT2D eigenvalue weighted by Crippen LogP contribution is -2.33. The van der Waals surface area contributed by atoms with E-state index < -0.39 is 37.8 Å². The fourth-order valence-corrected chi connectivity index (χ4v) is 3.50. The van der Waals surface area contributed by atoms with Gasteiger partial charge >= 0.3 is 13.6 Å². The molecule has 0 rings (SSSR count). The van der Waals surface area contributed by atoms with Crippen LogP contribution in [0.25, 0.3) is 0 Å². The van der Waals surface area contributed by atoms with Crippen LogP contribution in [0.4, 0.5) is 4.39 Å². The third kappa shape index (κ3) is 5.59. The van der Waals surface area contributed by atoms with Gasteiger partial charge in [-0.3, -0.25) is 9.36 Å². The number of hydrogen-bond donors (Lipinski definition) is 0. The van der Waals surface area contributed by atoms with Gasteiger partial charge in [0.25, 0.3) is 0 Å². The van der Waals surface area contributed by atoms with Gasteiger partial charge in [0.2, 0.25) is 5.41 Å². The lowest BCUT2D eigenvalue weighted by Gasteiger charge is -2.33. The van der Waals surface area contributed by atoms with E-state index in [-0.39, 0.29) is 6.42 Å². The molecule has 0 aliphatic carbocycles. The van der Waals surface area contributed by atoms with E-state index in [0.717, 1.165) is 6.92 Å². The second-order valence-corrected chi connectivity index (χ2v) is 7.08. The molecule has 0 aliphatic heterocycles. The van der Waals surface area contributed by atoms with E-state index >= 15 is 0 Å². The normalized spacial score (nSPS) is 15.6. The lowest BCUT2D eigenvalue weighted by molar-refractivity contribution is -0.143. The minimum Gasteiger partial charge on any atom is -0.462 e. The molecule has 5 nitrogen and oxygen atoms in total. The molecule has 0 aromatic rings. The Bertz CT molecular complexity index is 331. The van der Waals surface area contributed by atoms with Crippen molar-refractivity contribution in [1.82, 2.24) is 0 Å². The Hall–Kier alpha value is -0.450. The summed E-state index contributed by atoms with van der Waals surface area (Å²) >= 11 is 0. The number of ether oxygens (including phenoxy) is 1. The van der Waals surface area contributed by atoms with Gasteiger partial charge in [-0.25, -0.2) is 4.39 Å². The summed E-state index contributed by atoms with van der Waals surface area (Å²) in [7, 11) is -4.05. The van der Waals surface area contributed by atoms with Crippen LogP contribution in [0.5, 0.6) is 0 Å². The lowest BCUT2D eigenvalue weighted by atomic mass is 10.3. The molecule has 19 heavy (non-hydrogen) atoms. The summed E-state index contributed by atoms with van der Waals surface area (Å²) in [4.78, 5) is 10.8. The predicted molar refractivity (Wildman–Crippen MR) is 70.8 cm³/mol. The molecule has 0 aromatic heterocycles. The van der Waals surface area contributed by atoms with Crippen LogP contribution in [0.1, 0.15) is 48.0 Å². The van der Waals surface area contributed by atoms with E-state index in [0.29, 0.717) is 0 Å². The molecule has 7 heteroatoms. The van der Waals surface area contributed by atoms with E-state index in [1.165, 1.54) is 6.92 Å². The molecule has 0 spiro atoms. The first-order valence-corrected chi connectivity index (χ1v) is 7.89. The third-order valence-corrected chi connectivity index (χ3v) is 5.05. The smallest absolute Gasteiger partial charge is 0.371 e. The minimum atomic E-state index is -4.05. The van der Waals surface area contributed by atoms with Gasteiger partial charge in [-0.05, 0) is 34.1 Å². The average Bonchev–Trinajstić information content (AvgIpc) is 2.23. The Labute approximate surface area is 114 Å². The highest BCUT2D eigenvalue weighted by molar-refractivity contribution is 7.55. The van der Waals surface area contributed by atoms with E-state index in [1.54, 1.807) is 27.7 Å². The summed E-state index contributed by atoms with van der Waals surface area (Å²) in [5.74, 6) is -0.642. The predicted octanol–water partition coefficient (Wildman–Crippen LogP) is 3.67. The van der Waals surface area contributed by atoms with Gasteiger partial charge in [-0.15, -0.1) is 0 Å². The number of hydrogen-bond acceptors (Lipinski definition) is 5. The summed E-state index contributed by atoms with van der Waals surface area (Å²) in [5, 5.41) is -2.34. The Kier molecular flexibility index (Phi) is 7.19. The number of alkyl halides is 1. The van der Waals surface area contributed by atoms with E-state index in [2.05, 4.69) is 4.74 Å². The summed E-state index contributed by atoms with van der Waals surface area (Å²) in [5.41, 5.74) is 0. The molecule has 0 heterocycles. The molecule has 0 bridgehead atoms. The van der Waals surface area contributed by atoms with Gasteiger partial charge in [0, 0.05) is 6.92 Å². The van der Waals surface area contributed by atoms with Gasteiger partial charge in [-0.2, -0.15) is 0 Å². The molecule has 1 atom stereocenters. The highest BCUT2D eigenvalue weighted by Crippen LogP contribution is 2.63. The first-order valence-electron chi connectivity index (χ1n) is 6.35. The largest absolute Gasteiger partial charge is 0.462 e. The number of carbonyl (C=O) groups is 1. The number of halogens is 1. The van der Waals surface area contributed by atoms with Crippen molar-refractivity contribution in [2.75, 3.05) is 6.61 Å². The monoisotopic (exact) mass is 298 g/mol. The van der Waals surface area contributed by atoms with E-state index in [9.17, 15) is 13.8 Å². The molecular weight excluding hydrogens is 274 g/mol. The molecule has 0 radical (unpaired) electrons. The van der Waals surface area contributed by atoms with Crippen molar-refractivity contribution in [3.63, 3.8) is 0 Å². The second kappa shape index (κ2) is 7.36. The van der Waals surface area contributed by atoms with Crippen molar-refractivity contribution < 1.29 is 27.5 Å². The van der Waals surface area contributed by atoms with Gasteiger partial charge < -0.3 is 13.8 Å². The van der Waals surface area contributed by atoms with Crippen LogP contribution in [-0.4, -0.2) is 30.2 Å². The summed E-state index contributed by atoms with van der Waals surface area (Å²) < 4.78 is 42.6. The topological polar surface area (TPSA) is 61.8 Å². The molecule has 0 fully saturated rings. The zero-order valence-corrected chi connectivity index (χ0v) is 13.3. The van der Waals surface area contributed by atoms with Gasteiger partial charge in [0.05, 0.1) is 12.2 Å². The molecule has 0 N–H and O–H groups in total. The minimum absolute atomic E-state index is 0.142. The maximum atomic E-state index is 14.9. The zero-order valence-electron chi connectivity index (χ0n) is 12.4. The molecular formula is C12H24FO5P. The van der Waals surface area contributed by atoms with Crippen molar-refractivity contribution in [1.29, 1.82) is 0 Å². The summed E-state index contributed by atoms with van der Waals surface area (Å²) in [6.45, 7) is 8.57. The van der Waals surface area contributed by atoms with Crippen molar-refractivity contribution >= 4 is 13.6 Å². The second-order valence-electron chi connectivity index (χ2n) is 4.86. The SMILES string of the molecule is CCC(F)(COC(C)=O)P(=O)(OC(C)C)OC(C)C. The van der Waals surface area contributed by atoms with Crippen molar-refractivity contribution in [3.05, 3.63) is 0 Å². The molecule has 0 amide bonds. The van der Waals surface area contributed by atoms with Gasteiger partial charge in [0.15, 0.2) is 0 Å². The van der Waals surface area contributed by atoms with Gasteiger partial charge in [-0.1, -0.05) is 6.92 Å². The molecule has 1 unspecified atom stereocenters. The summed E-state index contributed by atoms with van der Waals surface area (Å²) in [6, 6.07) is 0. The average molecular weight is 298 g/mol. The maximum absolute atomic E-state index is 14.9. The fraction of sp³-hybridized carbons (Fsp3) is 0.917. The van der Waals surface area contributed by atoms with Gasteiger partial charge in [0.1, 0.15) is 6.61 Å². The molecule has 0 saturated carbocycles. The molecule has 0 aliphatic rings. The zero-order chi connectivity index (χ0) is 15.3. The third-order valence-electron chi connectivity index (χ3n) is 2.23. The standard InChI is InChI=1S/C12H24FO5P/c1-7-12(13,8-16-11(6)14)19(15,17-9(2)3)18-10(4)5/h9-10H,7-8H2,1-6H3. The summed E-state index contributed by atoms with van der Waals surface area (Å²) in [6.07, 6.45) is -1.08. The molecule has 114 valence electrons. The number of rotatable bonds is 8. The highest BCUT2D eigenvalue weighted by Gasteiger charge is 2.53. The van der Waals surface area contributed by atoms with Crippen LogP contribution in [0.15, 0.2) is 0 Å². The van der Waals surface area contributed by atoms with E-state index in [1.807, 2.05) is 0 Å². The number of carbonyl (C=O) groups excluding carboxylic acids is 1. The van der Waals surface area contributed by atoms with Crippen molar-refractivity contribution in [2.24, 2.45) is 0 Å². The quantitative estimate of drug-likeness (QED) is 0.505. The fourth-order valence-electron chi connectivity index (χ4n) is 1.36. The Morgan fingerprint density at radius 2 is 1.63 bits per heavy atom. The molecule has 0 aromatic carbocycles. The van der Waals surface area contributed by atoms with Crippen LogP contribution in [0.3, 0.4) is 0 Å². The highest BCUT2D eigenvalue weighted by atomic mass is 31.2. The van der Waals surface area contributed by atoms with Crippen LogP contribution >= 0.6 is 7.60 Å². The van der Waals surface area contributed by atoms with Crippen LogP contribution in [-0.2, 0) is 23.1 Å². The Balaban J connectivity index is 5.26. The first-order chi connectivity index (χ1) is 8.56. The van der Waals surface area contributed by atoms with Crippen molar-refractivity contribution in [2.45, 2.75) is 65.6 Å². The Morgan fingerprint density at radius 3 is 1.89 bits per heavy atom. The first kappa shape index (κ1) is 18.6. The Morgan fingerprint density at radius 1 is 1.21 bits per heavy atom. The number of esters is 1. The maximum Gasteiger partial charge on any atom is 0.371 e.